The predicted octanol–water partition coefficient (Wildman–Crippen LogP) is 6.63. The number of aromatic nitrogens is 3. The molecule has 7 nitrogen and oxygen atoms in total. The summed E-state index contributed by atoms with van der Waals surface area (Å²) in [5.74, 6) is 0.973. The molecule has 1 unspecified atom stereocenters. The Morgan fingerprint density at radius 3 is 2.54 bits per heavy atom. The van der Waals surface area contributed by atoms with Crippen LogP contribution in [-0.2, 0) is 4.74 Å². The molecule has 0 spiro atoms. The molecule has 194 valence electrons. The highest BCUT2D eigenvalue weighted by atomic mass is 19.1. The molecule has 3 rings (SSSR count). The number of nitrogens with zero attached hydrogens (tertiary/aromatic N) is 4. The Labute approximate surface area is 211 Å². The van der Waals surface area contributed by atoms with Gasteiger partial charge in [0, 0.05) is 33.4 Å². The van der Waals surface area contributed by atoms with Gasteiger partial charge >= 0.3 is 0 Å². The smallest absolute Gasteiger partial charge is 0.220 e. The number of pyridine rings is 1. The van der Waals surface area contributed by atoms with Gasteiger partial charge in [-0.15, -0.1) is 0 Å². The van der Waals surface area contributed by atoms with E-state index in [0.717, 1.165) is 12.1 Å². The van der Waals surface area contributed by atoms with Gasteiger partial charge in [-0.1, -0.05) is 65.2 Å². The summed E-state index contributed by atoms with van der Waals surface area (Å²) < 4.78 is 19.0. The highest BCUT2D eigenvalue weighted by Crippen LogP contribution is 2.27. The molecule has 0 amide bonds. The Hall–Kier alpha value is -2.79. The molecule has 0 bridgehead atoms. The number of methoxy groups -OCH3 is 1. The molecule has 8 heteroatoms. The molecule has 2 heterocycles. The molecular formula is C27H43FN6O. The summed E-state index contributed by atoms with van der Waals surface area (Å²) in [6, 6.07) is 5.67. The van der Waals surface area contributed by atoms with Gasteiger partial charge in [-0.05, 0) is 30.9 Å². The Morgan fingerprint density at radius 1 is 1.23 bits per heavy atom. The van der Waals surface area contributed by atoms with Crippen LogP contribution in [0.25, 0.3) is 11.3 Å². The van der Waals surface area contributed by atoms with Crippen molar-refractivity contribution in [3.63, 3.8) is 0 Å². The largest absolute Gasteiger partial charge is 0.385 e. The van der Waals surface area contributed by atoms with E-state index in [2.05, 4.69) is 33.3 Å². The normalized spacial score (nSPS) is 16.4. The summed E-state index contributed by atoms with van der Waals surface area (Å²) in [7, 11) is 1.61. The van der Waals surface area contributed by atoms with Gasteiger partial charge in [-0.3, -0.25) is 0 Å². The molecule has 0 radical (unpaired) electrons. The molecule has 35 heavy (non-hydrogen) atoms. The lowest BCUT2D eigenvalue weighted by atomic mass is 9.83. The van der Waals surface area contributed by atoms with Crippen molar-refractivity contribution in [3.05, 3.63) is 30.3 Å². The first-order valence-electron chi connectivity index (χ1n) is 12.8. The third-order valence-electron chi connectivity index (χ3n) is 6.75. The van der Waals surface area contributed by atoms with Gasteiger partial charge in [0.15, 0.2) is 5.82 Å². The molecule has 1 atom stereocenters. The number of rotatable bonds is 8. The molecule has 2 aromatic heterocycles. The fourth-order valence-electron chi connectivity index (χ4n) is 4.22. The van der Waals surface area contributed by atoms with Gasteiger partial charge in [0.05, 0.1) is 17.7 Å². The van der Waals surface area contributed by atoms with Crippen molar-refractivity contribution in [3.8, 4) is 17.3 Å². The average Bonchev–Trinajstić information content (AvgIpc) is 3.00. The zero-order valence-electron chi connectivity index (χ0n) is 21.5. The first-order valence-corrected chi connectivity index (χ1v) is 12.8. The number of nitrogens with two attached hydrogens (primary N) is 1. The lowest BCUT2D eigenvalue weighted by Gasteiger charge is -2.25. The van der Waals surface area contributed by atoms with Crippen molar-refractivity contribution in [2.24, 2.45) is 11.3 Å². The molecule has 2 aromatic rings. The van der Waals surface area contributed by atoms with E-state index in [0.29, 0.717) is 37.4 Å². The highest BCUT2D eigenvalue weighted by molar-refractivity contribution is 5.63. The maximum Gasteiger partial charge on any atom is 0.220 e. The minimum atomic E-state index is -0.564. The number of nitrogen functional groups attached to an aromatic ring is 1. The van der Waals surface area contributed by atoms with E-state index in [1.165, 1.54) is 51.4 Å². The van der Waals surface area contributed by atoms with E-state index in [-0.39, 0.29) is 13.1 Å². The molecule has 0 aliphatic heterocycles. The predicted molar refractivity (Wildman–Crippen MR) is 141 cm³/mol. The summed E-state index contributed by atoms with van der Waals surface area (Å²) in [5.41, 5.74) is 5.61. The monoisotopic (exact) mass is 486 g/mol. The van der Waals surface area contributed by atoms with Crippen LogP contribution in [0.1, 0.15) is 79.5 Å². The number of hydrogen-bond acceptors (Lipinski definition) is 7. The van der Waals surface area contributed by atoms with Crippen molar-refractivity contribution >= 4 is 11.8 Å². The average molecular weight is 487 g/mol. The third kappa shape index (κ3) is 9.77. The number of nitriles is 1. The summed E-state index contributed by atoms with van der Waals surface area (Å²) in [5, 5.41) is 12.7. The van der Waals surface area contributed by atoms with Gasteiger partial charge in [-0.2, -0.15) is 5.26 Å². The quantitative estimate of drug-likeness (QED) is 0.431. The van der Waals surface area contributed by atoms with Crippen LogP contribution in [0.4, 0.5) is 16.2 Å². The lowest BCUT2D eigenvalue weighted by molar-refractivity contribution is 0.161. The minimum Gasteiger partial charge on any atom is -0.385 e. The molecule has 1 saturated carbocycles. The second-order valence-electron chi connectivity index (χ2n) is 9.50. The van der Waals surface area contributed by atoms with Gasteiger partial charge in [0.25, 0.3) is 0 Å². The number of anilines is 2. The van der Waals surface area contributed by atoms with Crippen LogP contribution in [0.5, 0.6) is 0 Å². The second-order valence-corrected chi connectivity index (χ2v) is 9.50. The Morgan fingerprint density at radius 2 is 1.91 bits per heavy atom. The fraction of sp³-hybridized carbons (Fsp3) is 0.630. The summed E-state index contributed by atoms with van der Waals surface area (Å²) >= 11 is 0. The zero-order valence-corrected chi connectivity index (χ0v) is 21.5. The van der Waals surface area contributed by atoms with Crippen LogP contribution < -0.4 is 11.1 Å². The molecular weight excluding hydrogens is 443 g/mol. The highest BCUT2D eigenvalue weighted by Gasteiger charge is 2.27. The molecule has 0 aromatic carbocycles. The fourth-order valence-corrected chi connectivity index (χ4v) is 4.22. The van der Waals surface area contributed by atoms with Crippen LogP contribution >= 0.6 is 0 Å². The van der Waals surface area contributed by atoms with Crippen molar-refractivity contribution in [2.75, 3.05) is 31.3 Å². The summed E-state index contributed by atoms with van der Waals surface area (Å²) in [6.45, 7) is 5.28. The van der Waals surface area contributed by atoms with Crippen molar-refractivity contribution < 1.29 is 10.6 Å². The van der Waals surface area contributed by atoms with E-state index in [1.807, 2.05) is 6.92 Å². The molecule has 1 aliphatic rings. The van der Waals surface area contributed by atoms with Crippen LogP contribution in [0, 0.1) is 28.5 Å². The molecule has 3 N–H and O–H groups in total. The second kappa shape index (κ2) is 15.3. The van der Waals surface area contributed by atoms with Crippen LogP contribution in [-0.4, -0.2) is 35.2 Å². The van der Waals surface area contributed by atoms with Crippen LogP contribution in [0.15, 0.2) is 24.5 Å². The Kier molecular flexibility index (Phi) is 12.4. The van der Waals surface area contributed by atoms with E-state index in [1.54, 1.807) is 25.4 Å². The van der Waals surface area contributed by atoms with Crippen molar-refractivity contribution in [1.82, 2.24) is 15.0 Å². The lowest BCUT2D eigenvalue weighted by Crippen LogP contribution is -2.29. The Balaban J connectivity index is 0.000000495. The van der Waals surface area contributed by atoms with E-state index in [9.17, 15) is 9.65 Å². The van der Waals surface area contributed by atoms with Gasteiger partial charge in [0.2, 0.25) is 5.95 Å². The van der Waals surface area contributed by atoms with E-state index < -0.39 is 11.2 Å². The number of halogens is 1. The number of nitrogens with one attached hydrogen (secondary N) is 1. The minimum absolute atomic E-state index is 0. The van der Waals surface area contributed by atoms with Crippen LogP contribution in [0.3, 0.4) is 0 Å². The summed E-state index contributed by atoms with van der Waals surface area (Å²) in [4.78, 5) is 11.8. The van der Waals surface area contributed by atoms with Gasteiger partial charge in [-0.25, -0.2) is 19.3 Å². The van der Waals surface area contributed by atoms with Gasteiger partial charge in [0.1, 0.15) is 11.5 Å². The SMILES string of the molecule is CC1CCCCCCCC1.CCC(C#N)(CCOC)CNc1cc(-c2nc(N)ncc2F)ccn1.[HH]. The van der Waals surface area contributed by atoms with E-state index in [4.69, 9.17) is 10.5 Å². The molecule has 1 aliphatic carbocycles. The summed E-state index contributed by atoms with van der Waals surface area (Å²) in [6.07, 6.45) is 15.8. The maximum atomic E-state index is 13.9. The number of ether oxygens (including phenoxy) is 1. The third-order valence-corrected chi connectivity index (χ3v) is 6.75. The van der Waals surface area contributed by atoms with E-state index >= 15 is 0 Å². The molecule has 0 saturated heterocycles. The molecule has 1 fully saturated rings. The standard InChI is InChI=1S/C17H21FN6O.C10H20.H2/c1-3-17(10-19,5-7-25-2)11-23-14-8-12(4-6-21-14)15-13(18)9-22-16(20)24-15;1-10-8-6-4-2-3-5-7-9-10;/h4,6,8-9H,3,5,7,11H2,1-2H3,(H,21,23)(H2,20,22,24);10H,2-9H2,1H3;1H. The zero-order chi connectivity index (χ0) is 25.5. The maximum absolute atomic E-state index is 13.9. The number of hydrogen-bond donors (Lipinski definition) is 2. The van der Waals surface area contributed by atoms with Crippen molar-refractivity contribution in [2.45, 2.75) is 78.1 Å². The van der Waals surface area contributed by atoms with Crippen LogP contribution in [0.2, 0.25) is 0 Å². The van der Waals surface area contributed by atoms with Gasteiger partial charge < -0.3 is 15.8 Å². The Bertz CT molecular complexity index is 931. The first-order chi connectivity index (χ1) is 16.9. The van der Waals surface area contributed by atoms with Crippen molar-refractivity contribution in [1.29, 1.82) is 5.26 Å². The topological polar surface area (TPSA) is 110 Å². The first kappa shape index (κ1) is 28.4.